The summed E-state index contributed by atoms with van der Waals surface area (Å²) in [6.45, 7) is 3.93. The van der Waals surface area contributed by atoms with Crippen LogP contribution < -0.4 is 0 Å². The smallest absolute Gasteiger partial charge is 0.178 e. The molecule has 1 saturated carbocycles. The van der Waals surface area contributed by atoms with Gasteiger partial charge in [0.05, 0.1) is 0 Å². The van der Waals surface area contributed by atoms with Crippen LogP contribution >= 0.6 is 0 Å². The summed E-state index contributed by atoms with van der Waals surface area (Å²) in [6, 6.07) is 4.21. The van der Waals surface area contributed by atoms with Crippen LogP contribution in [0.2, 0.25) is 0 Å². The van der Waals surface area contributed by atoms with E-state index in [1.54, 1.807) is 6.07 Å². The molecule has 3 nitrogen and oxygen atoms in total. The molecule has 0 spiro atoms. The van der Waals surface area contributed by atoms with Gasteiger partial charge in [-0.15, -0.1) is 0 Å². The van der Waals surface area contributed by atoms with Crippen molar-refractivity contribution in [1.29, 1.82) is 0 Å². The minimum absolute atomic E-state index is 0.00638. The third kappa shape index (κ3) is 2.18. The predicted octanol–water partition coefficient (Wildman–Crippen LogP) is 3.09. The van der Waals surface area contributed by atoms with Gasteiger partial charge in [-0.05, 0) is 30.5 Å². The lowest BCUT2D eigenvalue weighted by Gasteiger charge is -2.47. The number of carbonyl (C=O) groups excluding carboxylic acids is 1. The first kappa shape index (κ1) is 15.2. The second-order valence-electron chi connectivity index (χ2n) is 5.51. The van der Waals surface area contributed by atoms with Crippen LogP contribution in [-0.2, 0) is 14.6 Å². The molecule has 0 bridgehead atoms. The van der Waals surface area contributed by atoms with Crippen molar-refractivity contribution in [2.24, 2.45) is 5.41 Å². The first-order valence-electron chi connectivity index (χ1n) is 6.79. The van der Waals surface area contributed by atoms with Crippen LogP contribution in [0.5, 0.6) is 0 Å². The average molecular weight is 298 g/mol. The number of hydrogen-bond donors (Lipinski definition) is 0. The molecular weight excluding hydrogens is 279 g/mol. The molecule has 1 unspecified atom stereocenters. The fourth-order valence-electron chi connectivity index (χ4n) is 3.26. The molecule has 1 aliphatic rings. The van der Waals surface area contributed by atoms with Gasteiger partial charge in [0, 0.05) is 24.0 Å². The van der Waals surface area contributed by atoms with E-state index in [9.17, 15) is 17.6 Å². The highest BCUT2D eigenvalue weighted by Gasteiger charge is 2.52. The van der Waals surface area contributed by atoms with Gasteiger partial charge in [0.25, 0.3) is 0 Å². The summed E-state index contributed by atoms with van der Waals surface area (Å²) in [5.41, 5.74) is 0.317. The summed E-state index contributed by atoms with van der Waals surface area (Å²) >= 11 is 0. The Morgan fingerprint density at radius 3 is 2.30 bits per heavy atom. The Bertz CT molecular complexity index is 645. The van der Waals surface area contributed by atoms with Gasteiger partial charge in [-0.3, -0.25) is 4.79 Å². The zero-order valence-corrected chi connectivity index (χ0v) is 12.8. The van der Waals surface area contributed by atoms with Crippen LogP contribution in [0.25, 0.3) is 0 Å². The first-order chi connectivity index (χ1) is 9.26. The molecular formula is C15H19FO3S. The van der Waals surface area contributed by atoms with E-state index in [2.05, 4.69) is 0 Å². The number of Topliss-reactive ketones (excluding diaryl/α,β-unsaturated/α-hetero) is 1. The molecule has 110 valence electrons. The molecule has 5 heteroatoms. The monoisotopic (exact) mass is 298 g/mol. The molecule has 2 rings (SSSR count). The topological polar surface area (TPSA) is 51.2 Å². The van der Waals surface area contributed by atoms with Gasteiger partial charge in [0.2, 0.25) is 0 Å². The van der Waals surface area contributed by atoms with E-state index in [1.165, 1.54) is 12.1 Å². The lowest BCUT2D eigenvalue weighted by molar-refractivity contribution is -0.141. The zero-order chi connectivity index (χ0) is 15.1. The molecule has 0 radical (unpaired) electrons. The molecule has 0 aliphatic heterocycles. The maximum absolute atomic E-state index is 14.0. The maximum atomic E-state index is 14.0. The van der Waals surface area contributed by atoms with Gasteiger partial charge >= 0.3 is 0 Å². The van der Waals surface area contributed by atoms with Crippen LogP contribution in [0.15, 0.2) is 23.1 Å². The SMILES string of the molecule is CCC1(CC)C(=O)CC1c1ccc(S(C)(=O)=O)c(F)c1. The molecule has 0 N–H and O–H groups in total. The van der Waals surface area contributed by atoms with E-state index in [0.717, 1.165) is 24.7 Å². The summed E-state index contributed by atoms with van der Waals surface area (Å²) in [5, 5.41) is 0. The number of ketones is 1. The number of carbonyl (C=O) groups is 1. The highest BCUT2D eigenvalue weighted by molar-refractivity contribution is 7.90. The van der Waals surface area contributed by atoms with Crippen molar-refractivity contribution >= 4 is 15.6 Å². The Balaban J connectivity index is 2.41. The highest BCUT2D eigenvalue weighted by atomic mass is 32.2. The number of benzene rings is 1. The van der Waals surface area contributed by atoms with Gasteiger partial charge in [0.1, 0.15) is 16.5 Å². The van der Waals surface area contributed by atoms with E-state index in [4.69, 9.17) is 0 Å². The van der Waals surface area contributed by atoms with E-state index in [1.807, 2.05) is 13.8 Å². The number of halogens is 1. The zero-order valence-electron chi connectivity index (χ0n) is 11.9. The summed E-state index contributed by atoms with van der Waals surface area (Å²) < 4.78 is 36.8. The molecule has 1 atom stereocenters. The number of rotatable bonds is 4. The van der Waals surface area contributed by atoms with Gasteiger partial charge in [0.15, 0.2) is 9.84 Å². The normalized spacial score (nSPS) is 21.6. The van der Waals surface area contributed by atoms with Crippen molar-refractivity contribution in [3.8, 4) is 0 Å². The molecule has 0 heterocycles. The summed E-state index contributed by atoms with van der Waals surface area (Å²) in [7, 11) is -3.56. The molecule has 1 aliphatic carbocycles. The molecule has 20 heavy (non-hydrogen) atoms. The Morgan fingerprint density at radius 1 is 1.30 bits per heavy atom. The molecule has 1 aromatic rings. The van der Waals surface area contributed by atoms with Crippen LogP contribution in [0.1, 0.15) is 44.6 Å². The van der Waals surface area contributed by atoms with Crippen LogP contribution in [0.4, 0.5) is 4.39 Å². The lowest BCUT2D eigenvalue weighted by atomic mass is 9.54. The molecule has 0 aromatic heterocycles. The molecule has 0 amide bonds. The summed E-state index contributed by atoms with van der Waals surface area (Å²) in [6.07, 6.45) is 2.85. The van der Waals surface area contributed by atoms with E-state index < -0.39 is 21.1 Å². The lowest BCUT2D eigenvalue weighted by Crippen LogP contribution is -2.47. The van der Waals surface area contributed by atoms with Crippen LogP contribution in [0.3, 0.4) is 0 Å². The second-order valence-corrected chi connectivity index (χ2v) is 7.49. The van der Waals surface area contributed by atoms with Gasteiger partial charge < -0.3 is 0 Å². The van der Waals surface area contributed by atoms with E-state index in [0.29, 0.717) is 6.42 Å². The Kier molecular flexibility index (Phi) is 3.75. The average Bonchev–Trinajstić information content (AvgIpc) is 2.36. The summed E-state index contributed by atoms with van der Waals surface area (Å²) in [5.74, 6) is -0.515. The van der Waals surface area contributed by atoms with Crippen molar-refractivity contribution in [2.75, 3.05) is 6.26 Å². The van der Waals surface area contributed by atoms with Crippen LogP contribution in [0, 0.1) is 11.2 Å². The fourth-order valence-corrected chi connectivity index (χ4v) is 3.98. The molecule has 1 fully saturated rings. The van der Waals surface area contributed by atoms with Crippen molar-refractivity contribution < 1.29 is 17.6 Å². The maximum Gasteiger partial charge on any atom is 0.178 e. The molecule has 0 saturated heterocycles. The van der Waals surface area contributed by atoms with E-state index in [-0.39, 0.29) is 16.6 Å². The predicted molar refractivity (Wildman–Crippen MR) is 74.9 cm³/mol. The standard InChI is InChI=1S/C15H19FO3S/c1-4-15(5-2)11(9-14(15)17)10-6-7-13(12(16)8-10)20(3,18)19/h6-8,11H,4-5,9H2,1-3H3. The van der Waals surface area contributed by atoms with Crippen molar-refractivity contribution in [3.05, 3.63) is 29.6 Å². The number of hydrogen-bond acceptors (Lipinski definition) is 3. The third-order valence-electron chi connectivity index (χ3n) is 4.63. The fraction of sp³-hybridized carbons (Fsp3) is 0.533. The van der Waals surface area contributed by atoms with Crippen molar-refractivity contribution in [2.45, 2.75) is 43.9 Å². The Hall–Kier alpha value is -1.23. The quantitative estimate of drug-likeness (QED) is 0.858. The van der Waals surface area contributed by atoms with Crippen LogP contribution in [-0.4, -0.2) is 20.5 Å². The van der Waals surface area contributed by atoms with Gasteiger partial charge in [-0.1, -0.05) is 19.9 Å². The van der Waals surface area contributed by atoms with E-state index >= 15 is 0 Å². The molecule has 1 aromatic carbocycles. The van der Waals surface area contributed by atoms with Crippen molar-refractivity contribution in [3.63, 3.8) is 0 Å². The summed E-state index contributed by atoms with van der Waals surface area (Å²) in [4.78, 5) is 11.6. The van der Waals surface area contributed by atoms with Gasteiger partial charge in [-0.2, -0.15) is 0 Å². The minimum atomic E-state index is -3.56. The highest BCUT2D eigenvalue weighted by Crippen LogP contribution is 2.54. The Labute approximate surface area is 119 Å². The van der Waals surface area contributed by atoms with Crippen molar-refractivity contribution in [1.82, 2.24) is 0 Å². The minimum Gasteiger partial charge on any atom is -0.299 e. The largest absolute Gasteiger partial charge is 0.299 e. The first-order valence-corrected chi connectivity index (χ1v) is 8.68. The van der Waals surface area contributed by atoms with Gasteiger partial charge in [-0.25, -0.2) is 12.8 Å². The Morgan fingerprint density at radius 2 is 1.90 bits per heavy atom. The third-order valence-corrected chi connectivity index (χ3v) is 5.76. The second kappa shape index (κ2) is 4.95. The number of sulfone groups is 1.